The molecule has 1 atom stereocenters. The number of rotatable bonds is 5. The van der Waals surface area contributed by atoms with Crippen LogP contribution in [-0.4, -0.2) is 60.0 Å². The maximum absolute atomic E-state index is 9.04. The third-order valence-corrected chi connectivity index (χ3v) is 3.28. The van der Waals surface area contributed by atoms with E-state index in [2.05, 4.69) is 10.1 Å². The van der Waals surface area contributed by atoms with Crippen LogP contribution in [0.25, 0.3) is 0 Å². The van der Waals surface area contributed by atoms with E-state index < -0.39 is 0 Å². The van der Waals surface area contributed by atoms with Crippen LogP contribution < -0.4 is 5.73 Å². The smallest absolute Gasteiger partial charge is 0.144 e. The fourth-order valence-corrected chi connectivity index (χ4v) is 1.80. The molecule has 0 radical (unpaired) electrons. The van der Waals surface area contributed by atoms with Gasteiger partial charge in [-0.25, -0.2) is 0 Å². The molecular weight excluding hydrogens is 222 g/mol. The SMILES string of the molecule is CC(C)(CCN1CCOC(CO)C1)C(N)=NO. The van der Waals surface area contributed by atoms with Gasteiger partial charge in [-0.2, -0.15) is 0 Å². The molecule has 0 amide bonds. The Morgan fingerprint density at radius 1 is 1.59 bits per heavy atom. The first-order chi connectivity index (χ1) is 7.99. The molecule has 0 bridgehead atoms. The van der Waals surface area contributed by atoms with Crippen molar-refractivity contribution in [1.29, 1.82) is 0 Å². The molecule has 6 heteroatoms. The topological polar surface area (TPSA) is 91.3 Å². The lowest BCUT2D eigenvalue weighted by molar-refractivity contribution is -0.0539. The normalized spacial score (nSPS) is 23.9. The highest BCUT2D eigenvalue weighted by molar-refractivity contribution is 5.85. The summed E-state index contributed by atoms with van der Waals surface area (Å²) in [4.78, 5) is 2.23. The van der Waals surface area contributed by atoms with Crippen LogP contribution in [0.5, 0.6) is 0 Å². The second-order valence-electron chi connectivity index (χ2n) is 5.10. The Hall–Kier alpha value is -0.850. The van der Waals surface area contributed by atoms with Crippen LogP contribution in [0.1, 0.15) is 20.3 Å². The van der Waals surface area contributed by atoms with Gasteiger partial charge in [0.25, 0.3) is 0 Å². The number of amidine groups is 1. The fourth-order valence-electron chi connectivity index (χ4n) is 1.80. The lowest BCUT2D eigenvalue weighted by atomic mass is 9.88. The second-order valence-corrected chi connectivity index (χ2v) is 5.10. The van der Waals surface area contributed by atoms with Gasteiger partial charge in [0.15, 0.2) is 0 Å². The molecule has 1 unspecified atom stereocenters. The molecule has 6 nitrogen and oxygen atoms in total. The minimum absolute atomic E-state index is 0.0557. The minimum Gasteiger partial charge on any atom is -0.409 e. The van der Waals surface area contributed by atoms with Crippen molar-refractivity contribution < 1.29 is 15.1 Å². The molecule has 0 spiro atoms. The molecule has 4 N–H and O–H groups in total. The Balaban J connectivity index is 2.40. The highest BCUT2D eigenvalue weighted by atomic mass is 16.5. The zero-order valence-electron chi connectivity index (χ0n) is 10.6. The average Bonchev–Trinajstić information content (AvgIpc) is 2.35. The zero-order chi connectivity index (χ0) is 12.9. The second kappa shape index (κ2) is 6.18. The Labute approximate surface area is 102 Å². The Morgan fingerprint density at radius 3 is 2.88 bits per heavy atom. The molecule has 17 heavy (non-hydrogen) atoms. The molecule has 1 saturated heterocycles. The van der Waals surface area contributed by atoms with E-state index in [-0.39, 0.29) is 24.0 Å². The van der Waals surface area contributed by atoms with E-state index in [1.165, 1.54) is 0 Å². The first-order valence-corrected chi connectivity index (χ1v) is 5.92. The molecule has 1 rings (SSSR count). The summed E-state index contributed by atoms with van der Waals surface area (Å²) in [5.74, 6) is 0.254. The number of ether oxygens (including phenoxy) is 1. The molecule has 0 aromatic rings. The summed E-state index contributed by atoms with van der Waals surface area (Å²) in [6.07, 6.45) is 0.719. The van der Waals surface area contributed by atoms with Gasteiger partial charge in [-0.15, -0.1) is 0 Å². The molecule has 1 aliphatic rings. The molecular formula is C11H23N3O3. The molecule has 0 aromatic carbocycles. The van der Waals surface area contributed by atoms with Crippen LogP contribution in [0.15, 0.2) is 5.16 Å². The number of nitrogens with two attached hydrogens (primary N) is 1. The van der Waals surface area contributed by atoms with Gasteiger partial charge in [0.2, 0.25) is 0 Å². The van der Waals surface area contributed by atoms with Crippen molar-refractivity contribution in [3.05, 3.63) is 0 Å². The van der Waals surface area contributed by atoms with Gasteiger partial charge in [0, 0.05) is 18.5 Å². The summed E-state index contributed by atoms with van der Waals surface area (Å²) in [6, 6.07) is 0. The lowest BCUT2D eigenvalue weighted by Crippen LogP contribution is -2.46. The van der Waals surface area contributed by atoms with E-state index in [1.807, 2.05) is 13.8 Å². The Bertz CT molecular complexity index is 269. The van der Waals surface area contributed by atoms with Crippen molar-refractivity contribution in [2.45, 2.75) is 26.4 Å². The van der Waals surface area contributed by atoms with Gasteiger partial charge in [0.1, 0.15) is 5.84 Å². The quantitative estimate of drug-likeness (QED) is 0.271. The van der Waals surface area contributed by atoms with Crippen LogP contribution in [-0.2, 0) is 4.74 Å². The predicted octanol–water partition coefficient (Wildman–Crippen LogP) is -0.158. The lowest BCUT2D eigenvalue weighted by Gasteiger charge is -2.34. The summed E-state index contributed by atoms with van der Waals surface area (Å²) < 4.78 is 5.38. The summed E-state index contributed by atoms with van der Waals surface area (Å²) in [6.45, 7) is 7.06. The van der Waals surface area contributed by atoms with E-state index >= 15 is 0 Å². The molecule has 100 valence electrons. The van der Waals surface area contributed by atoms with Crippen molar-refractivity contribution in [2.75, 3.05) is 32.8 Å². The van der Waals surface area contributed by atoms with Gasteiger partial charge in [-0.3, -0.25) is 4.90 Å². The van der Waals surface area contributed by atoms with Crippen LogP contribution >= 0.6 is 0 Å². The third kappa shape index (κ3) is 4.14. The van der Waals surface area contributed by atoms with E-state index in [0.29, 0.717) is 6.61 Å². The summed E-state index contributed by atoms with van der Waals surface area (Å²) in [5.41, 5.74) is 5.32. The number of hydrogen-bond acceptors (Lipinski definition) is 5. The Kier molecular flexibility index (Phi) is 5.17. The third-order valence-electron chi connectivity index (χ3n) is 3.28. The van der Waals surface area contributed by atoms with E-state index in [9.17, 15) is 0 Å². The standard InChI is InChI=1S/C11H23N3O3/c1-11(2,10(12)13-16)3-4-14-5-6-17-9(7-14)8-15/h9,15-16H,3-8H2,1-2H3,(H2,12,13). The van der Waals surface area contributed by atoms with Gasteiger partial charge in [-0.05, 0) is 13.0 Å². The van der Waals surface area contributed by atoms with Crippen molar-refractivity contribution >= 4 is 5.84 Å². The molecule has 1 heterocycles. The van der Waals surface area contributed by atoms with Crippen LogP contribution in [0.3, 0.4) is 0 Å². The van der Waals surface area contributed by atoms with Crippen LogP contribution in [0, 0.1) is 5.41 Å². The fraction of sp³-hybridized carbons (Fsp3) is 0.909. The van der Waals surface area contributed by atoms with Gasteiger partial charge < -0.3 is 20.8 Å². The van der Waals surface area contributed by atoms with Gasteiger partial charge in [-0.1, -0.05) is 19.0 Å². The van der Waals surface area contributed by atoms with Crippen LogP contribution in [0.4, 0.5) is 0 Å². The number of nitrogens with zero attached hydrogens (tertiary/aromatic N) is 2. The van der Waals surface area contributed by atoms with Crippen LogP contribution in [0.2, 0.25) is 0 Å². The number of aliphatic hydroxyl groups excluding tert-OH is 1. The minimum atomic E-state index is -0.318. The summed E-state index contributed by atoms with van der Waals surface area (Å²) in [5, 5.41) is 20.8. The average molecular weight is 245 g/mol. The van der Waals surface area contributed by atoms with Gasteiger partial charge >= 0.3 is 0 Å². The number of morpholine rings is 1. The number of oxime groups is 1. The van der Waals surface area contributed by atoms with Crippen molar-refractivity contribution in [3.8, 4) is 0 Å². The van der Waals surface area contributed by atoms with E-state index in [0.717, 1.165) is 26.1 Å². The largest absolute Gasteiger partial charge is 0.409 e. The predicted molar refractivity (Wildman–Crippen MR) is 65.1 cm³/mol. The highest BCUT2D eigenvalue weighted by Gasteiger charge is 2.26. The summed E-state index contributed by atoms with van der Waals surface area (Å²) in [7, 11) is 0. The zero-order valence-corrected chi connectivity index (χ0v) is 10.6. The molecule has 0 saturated carbocycles. The molecule has 0 aliphatic carbocycles. The Morgan fingerprint density at radius 2 is 2.29 bits per heavy atom. The van der Waals surface area contributed by atoms with Gasteiger partial charge in [0.05, 0.1) is 19.3 Å². The maximum Gasteiger partial charge on any atom is 0.144 e. The van der Waals surface area contributed by atoms with Crippen molar-refractivity contribution in [2.24, 2.45) is 16.3 Å². The number of hydrogen-bond donors (Lipinski definition) is 3. The maximum atomic E-state index is 9.04. The monoisotopic (exact) mass is 245 g/mol. The van der Waals surface area contributed by atoms with Crippen molar-refractivity contribution in [3.63, 3.8) is 0 Å². The first-order valence-electron chi connectivity index (χ1n) is 5.92. The highest BCUT2D eigenvalue weighted by Crippen LogP contribution is 2.21. The van der Waals surface area contributed by atoms with E-state index in [4.69, 9.17) is 20.8 Å². The van der Waals surface area contributed by atoms with E-state index in [1.54, 1.807) is 0 Å². The van der Waals surface area contributed by atoms with Crippen molar-refractivity contribution in [1.82, 2.24) is 4.90 Å². The molecule has 0 aromatic heterocycles. The number of aliphatic hydroxyl groups is 1. The molecule has 1 aliphatic heterocycles. The summed E-state index contributed by atoms with van der Waals surface area (Å²) >= 11 is 0. The molecule has 1 fully saturated rings. The first kappa shape index (κ1) is 14.2.